The van der Waals surface area contributed by atoms with Gasteiger partial charge in [-0.25, -0.2) is 4.98 Å². The molecule has 0 fully saturated rings. The first-order chi connectivity index (χ1) is 15.6. The van der Waals surface area contributed by atoms with Crippen molar-refractivity contribution < 1.29 is 23.8 Å². The van der Waals surface area contributed by atoms with Crippen LogP contribution in [-0.2, 0) is 0 Å². The first-order valence-electron chi connectivity index (χ1n) is 10.7. The molecule has 1 aromatic carbocycles. The second kappa shape index (κ2) is 11.9. The van der Waals surface area contributed by atoms with E-state index in [9.17, 15) is 9.59 Å². The van der Waals surface area contributed by atoms with Crippen LogP contribution in [-0.4, -0.2) is 80.1 Å². The summed E-state index contributed by atoms with van der Waals surface area (Å²) in [6.45, 7) is 9.92. The molecule has 0 aliphatic heterocycles. The van der Waals surface area contributed by atoms with Crippen LogP contribution in [0, 0.1) is 0 Å². The summed E-state index contributed by atoms with van der Waals surface area (Å²) in [5.41, 5.74) is 0.551. The molecule has 0 saturated heterocycles. The van der Waals surface area contributed by atoms with Crippen LogP contribution in [0.3, 0.4) is 0 Å². The quantitative estimate of drug-likeness (QED) is 0.527. The number of anilines is 1. The van der Waals surface area contributed by atoms with Gasteiger partial charge in [0.05, 0.1) is 26.9 Å². The predicted molar refractivity (Wildman–Crippen MR) is 130 cm³/mol. The molecule has 1 aromatic heterocycles. The van der Waals surface area contributed by atoms with Gasteiger partial charge in [0.1, 0.15) is 11.4 Å². The van der Waals surface area contributed by atoms with E-state index in [-0.39, 0.29) is 17.2 Å². The number of nitrogens with zero attached hydrogens (tertiary/aromatic N) is 3. The predicted octanol–water partition coefficient (Wildman–Crippen LogP) is 3.61. The van der Waals surface area contributed by atoms with Crippen LogP contribution in [0.4, 0.5) is 5.13 Å². The van der Waals surface area contributed by atoms with Crippen molar-refractivity contribution in [2.24, 2.45) is 0 Å². The van der Waals surface area contributed by atoms with Gasteiger partial charge < -0.3 is 19.1 Å². The van der Waals surface area contributed by atoms with Crippen LogP contribution in [0.5, 0.6) is 17.2 Å². The number of carbonyl (C=O) groups excluding carboxylic acids is 2. The molecular weight excluding hydrogens is 444 g/mol. The summed E-state index contributed by atoms with van der Waals surface area (Å²) in [6.07, 6.45) is 0. The van der Waals surface area contributed by atoms with Crippen molar-refractivity contribution in [2.75, 3.05) is 46.8 Å². The molecule has 182 valence electrons. The Morgan fingerprint density at radius 3 is 2.09 bits per heavy atom. The van der Waals surface area contributed by atoms with Crippen molar-refractivity contribution >= 4 is 28.3 Å². The summed E-state index contributed by atoms with van der Waals surface area (Å²) in [5.74, 6) is 0.556. The molecule has 0 unspecified atom stereocenters. The van der Waals surface area contributed by atoms with E-state index in [1.165, 1.54) is 38.7 Å². The number of carbonyl (C=O) groups is 2. The SMILES string of the molecule is COc1cc(OC)c(C(=O)Nc2nc(C(=O)N(C)CCN(C(C)C)C(C)C)cs2)cc1OC. The molecule has 0 spiro atoms. The standard InChI is InChI=1S/C23H34N4O5S/c1-14(2)27(15(3)4)10-9-26(5)22(29)17-13-33-23(24-17)25-21(28)16-11-19(31-7)20(32-8)12-18(16)30-6/h11-15H,9-10H2,1-8H3,(H,24,25,28). The van der Waals surface area contributed by atoms with Gasteiger partial charge in [0.25, 0.3) is 11.8 Å². The first-order valence-corrected chi connectivity index (χ1v) is 11.6. The fourth-order valence-corrected chi connectivity index (χ4v) is 4.16. The molecule has 1 heterocycles. The first kappa shape index (κ1) is 26.4. The number of rotatable bonds is 11. The normalized spacial score (nSPS) is 11.1. The highest BCUT2D eigenvalue weighted by molar-refractivity contribution is 7.14. The minimum Gasteiger partial charge on any atom is -0.496 e. The van der Waals surface area contributed by atoms with E-state index >= 15 is 0 Å². The van der Waals surface area contributed by atoms with E-state index in [2.05, 4.69) is 42.9 Å². The van der Waals surface area contributed by atoms with Crippen LogP contribution in [0.15, 0.2) is 17.5 Å². The van der Waals surface area contributed by atoms with E-state index in [4.69, 9.17) is 14.2 Å². The second-order valence-corrected chi connectivity index (χ2v) is 8.91. The Morgan fingerprint density at radius 1 is 0.970 bits per heavy atom. The molecule has 1 N–H and O–H groups in total. The van der Waals surface area contributed by atoms with Crippen molar-refractivity contribution in [3.05, 3.63) is 28.8 Å². The maximum atomic E-state index is 12.9. The Hall–Kier alpha value is -2.85. The number of hydrogen-bond acceptors (Lipinski definition) is 8. The molecule has 2 aromatic rings. The maximum absolute atomic E-state index is 12.9. The Bertz CT molecular complexity index is 952. The third kappa shape index (κ3) is 6.58. The van der Waals surface area contributed by atoms with Gasteiger partial charge in [-0.1, -0.05) is 0 Å². The van der Waals surface area contributed by atoms with Gasteiger partial charge >= 0.3 is 0 Å². The van der Waals surface area contributed by atoms with Crippen molar-refractivity contribution in [1.82, 2.24) is 14.8 Å². The molecule has 0 aliphatic carbocycles. The van der Waals surface area contributed by atoms with Gasteiger partial charge in [-0.2, -0.15) is 0 Å². The zero-order chi connectivity index (χ0) is 24.7. The largest absolute Gasteiger partial charge is 0.496 e. The fraction of sp³-hybridized carbons (Fsp3) is 0.522. The molecule has 0 aliphatic rings. The van der Waals surface area contributed by atoms with Crippen molar-refractivity contribution in [2.45, 2.75) is 39.8 Å². The number of aromatic nitrogens is 1. The highest BCUT2D eigenvalue weighted by Crippen LogP contribution is 2.35. The second-order valence-electron chi connectivity index (χ2n) is 8.05. The average Bonchev–Trinajstić information content (AvgIpc) is 3.25. The molecule has 0 radical (unpaired) electrons. The summed E-state index contributed by atoms with van der Waals surface area (Å²) < 4.78 is 15.9. The zero-order valence-electron chi connectivity index (χ0n) is 20.6. The number of benzene rings is 1. The molecule has 2 rings (SSSR count). The molecule has 0 atom stereocenters. The van der Waals surface area contributed by atoms with Crippen LogP contribution < -0.4 is 19.5 Å². The lowest BCUT2D eigenvalue weighted by Gasteiger charge is -2.32. The Labute approximate surface area is 199 Å². The molecule has 33 heavy (non-hydrogen) atoms. The van der Waals surface area contributed by atoms with E-state index < -0.39 is 5.91 Å². The van der Waals surface area contributed by atoms with E-state index in [0.717, 1.165) is 6.54 Å². The Kier molecular flexibility index (Phi) is 9.48. The molecule has 9 nitrogen and oxygen atoms in total. The van der Waals surface area contributed by atoms with Crippen LogP contribution in [0.2, 0.25) is 0 Å². The van der Waals surface area contributed by atoms with Crippen molar-refractivity contribution in [1.29, 1.82) is 0 Å². The number of likely N-dealkylation sites (N-methyl/N-ethyl adjacent to an activating group) is 1. The van der Waals surface area contributed by atoms with Gasteiger partial charge in [0, 0.05) is 49.7 Å². The van der Waals surface area contributed by atoms with Crippen molar-refractivity contribution in [3.8, 4) is 17.2 Å². The lowest BCUT2D eigenvalue weighted by atomic mass is 10.1. The topological polar surface area (TPSA) is 93.2 Å². The van der Waals surface area contributed by atoms with Gasteiger partial charge in [-0.3, -0.25) is 19.8 Å². The number of thiazole rings is 1. The smallest absolute Gasteiger partial charge is 0.273 e. The van der Waals surface area contributed by atoms with Crippen LogP contribution in [0.25, 0.3) is 0 Å². The minimum absolute atomic E-state index is 0.192. The summed E-state index contributed by atoms with van der Waals surface area (Å²) in [5, 5.41) is 4.69. The lowest BCUT2D eigenvalue weighted by molar-refractivity contribution is 0.0749. The molecule has 2 amide bonds. The van der Waals surface area contributed by atoms with Gasteiger partial charge in [0.2, 0.25) is 0 Å². The van der Waals surface area contributed by atoms with E-state index in [0.29, 0.717) is 41.0 Å². The highest BCUT2D eigenvalue weighted by Gasteiger charge is 2.21. The number of ether oxygens (including phenoxy) is 3. The lowest BCUT2D eigenvalue weighted by Crippen LogP contribution is -2.43. The molecule has 0 bridgehead atoms. The fourth-order valence-electron chi connectivity index (χ4n) is 3.48. The van der Waals surface area contributed by atoms with Crippen molar-refractivity contribution in [3.63, 3.8) is 0 Å². The summed E-state index contributed by atoms with van der Waals surface area (Å²) in [7, 11) is 6.22. The maximum Gasteiger partial charge on any atom is 0.273 e. The van der Waals surface area contributed by atoms with Gasteiger partial charge in [-0.05, 0) is 27.7 Å². The minimum atomic E-state index is -0.431. The number of hydrogen-bond donors (Lipinski definition) is 1. The molecular formula is C23H34N4O5S. The average molecular weight is 479 g/mol. The monoisotopic (exact) mass is 478 g/mol. The van der Waals surface area contributed by atoms with Gasteiger partial charge in [0.15, 0.2) is 16.6 Å². The summed E-state index contributed by atoms with van der Waals surface area (Å²) in [6, 6.07) is 3.90. The Morgan fingerprint density at radius 2 is 1.55 bits per heavy atom. The third-order valence-electron chi connectivity index (χ3n) is 5.26. The molecule has 0 saturated carbocycles. The molecule has 10 heteroatoms. The third-order valence-corrected chi connectivity index (χ3v) is 6.02. The Balaban J connectivity index is 2.10. The number of methoxy groups -OCH3 is 3. The number of nitrogens with one attached hydrogen (secondary N) is 1. The van der Waals surface area contributed by atoms with E-state index in [1.54, 1.807) is 23.4 Å². The number of amides is 2. The van der Waals surface area contributed by atoms with E-state index in [1.807, 2.05) is 0 Å². The summed E-state index contributed by atoms with van der Waals surface area (Å²) >= 11 is 1.19. The van der Waals surface area contributed by atoms with Crippen LogP contribution >= 0.6 is 11.3 Å². The zero-order valence-corrected chi connectivity index (χ0v) is 21.4. The highest BCUT2D eigenvalue weighted by atomic mass is 32.1. The summed E-state index contributed by atoms with van der Waals surface area (Å²) in [4.78, 5) is 34.0. The van der Waals surface area contributed by atoms with Gasteiger partial charge in [-0.15, -0.1) is 11.3 Å². The van der Waals surface area contributed by atoms with Crippen LogP contribution in [0.1, 0.15) is 48.5 Å².